The standard InChI is InChI=1S/C8H9ClN3Si/c1-13(2)12-4-3-6-7(9)10-5-11-8(6)12/h3-5H,1-2H3. The fraction of sp³-hybridized carbons (Fsp3) is 0.250. The van der Waals surface area contributed by atoms with E-state index in [1.165, 1.54) is 6.33 Å². The topological polar surface area (TPSA) is 30.7 Å². The van der Waals surface area contributed by atoms with Gasteiger partial charge in [-0.2, -0.15) is 0 Å². The first-order chi connectivity index (χ1) is 6.20. The Bertz CT molecular complexity index is 438. The minimum absolute atomic E-state index is 0.534. The lowest BCUT2D eigenvalue weighted by Gasteiger charge is -2.05. The van der Waals surface area contributed by atoms with Crippen molar-refractivity contribution in [2.24, 2.45) is 0 Å². The minimum Gasteiger partial charge on any atom is -0.360 e. The van der Waals surface area contributed by atoms with Crippen LogP contribution in [0, 0.1) is 0 Å². The molecule has 5 heteroatoms. The molecule has 13 heavy (non-hydrogen) atoms. The van der Waals surface area contributed by atoms with Crippen LogP contribution in [0.3, 0.4) is 0 Å². The molecule has 2 aromatic rings. The largest absolute Gasteiger partial charge is 0.360 e. The molecule has 0 aliphatic heterocycles. The summed E-state index contributed by atoms with van der Waals surface area (Å²) in [5, 5.41) is 1.47. The molecule has 0 saturated carbocycles. The van der Waals surface area contributed by atoms with E-state index in [2.05, 4.69) is 27.3 Å². The molecule has 0 aromatic carbocycles. The summed E-state index contributed by atoms with van der Waals surface area (Å²) in [6.07, 6.45) is 3.53. The zero-order valence-electron chi connectivity index (χ0n) is 7.45. The van der Waals surface area contributed by atoms with Crippen LogP contribution < -0.4 is 0 Å². The first kappa shape index (κ1) is 8.71. The predicted molar refractivity (Wildman–Crippen MR) is 55.4 cm³/mol. The van der Waals surface area contributed by atoms with E-state index in [-0.39, 0.29) is 0 Å². The van der Waals surface area contributed by atoms with E-state index in [1.54, 1.807) is 0 Å². The lowest BCUT2D eigenvalue weighted by atomic mass is 10.4. The molecular weight excluding hydrogens is 202 g/mol. The number of hydrogen-bond acceptors (Lipinski definition) is 2. The maximum absolute atomic E-state index is 5.92. The van der Waals surface area contributed by atoms with Crippen molar-refractivity contribution >= 4 is 31.6 Å². The average Bonchev–Trinajstić information content (AvgIpc) is 2.48. The highest BCUT2D eigenvalue weighted by molar-refractivity contribution is 6.55. The summed E-state index contributed by atoms with van der Waals surface area (Å²) >= 11 is 5.92. The second kappa shape index (κ2) is 3.12. The van der Waals surface area contributed by atoms with E-state index >= 15 is 0 Å². The Hall–Kier alpha value is -0.873. The molecule has 2 rings (SSSR count). The van der Waals surface area contributed by atoms with Gasteiger partial charge in [0, 0.05) is 0 Å². The smallest absolute Gasteiger partial charge is 0.170 e. The van der Waals surface area contributed by atoms with Gasteiger partial charge in [0.1, 0.15) is 17.1 Å². The van der Waals surface area contributed by atoms with Crippen molar-refractivity contribution in [3.05, 3.63) is 23.7 Å². The molecule has 0 aliphatic rings. The van der Waals surface area contributed by atoms with Crippen molar-refractivity contribution in [3.8, 4) is 0 Å². The average molecular weight is 211 g/mol. The van der Waals surface area contributed by atoms with Crippen LogP contribution in [0.5, 0.6) is 0 Å². The fourth-order valence-electron chi connectivity index (χ4n) is 1.28. The molecule has 1 radical (unpaired) electrons. The maximum Gasteiger partial charge on any atom is 0.170 e. The number of rotatable bonds is 1. The Kier molecular flexibility index (Phi) is 2.09. The third kappa shape index (κ3) is 1.36. The summed E-state index contributed by atoms with van der Waals surface area (Å²) < 4.78 is 2.17. The Morgan fingerprint density at radius 3 is 2.85 bits per heavy atom. The normalized spacial score (nSPS) is 11.4. The Morgan fingerprint density at radius 2 is 2.15 bits per heavy atom. The Balaban J connectivity index is 2.75. The molecule has 0 bridgehead atoms. The third-order valence-electron chi connectivity index (χ3n) is 1.91. The van der Waals surface area contributed by atoms with Gasteiger partial charge in [0.05, 0.1) is 5.39 Å². The van der Waals surface area contributed by atoms with Crippen LogP contribution in [0.4, 0.5) is 0 Å². The maximum atomic E-state index is 5.92. The molecule has 0 unspecified atom stereocenters. The Morgan fingerprint density at radius 1 is 1.38 bits per heavy atom. The second-order valence-electron chi connectivity index (χ2n) is 3.03. The second-order valence-corrected chi connectivity index (χ2v) is 5.77. The summed E-state index contributed by atoms with van der Waals surface area (Å²) in [7, 11) is -0.543. The van der Waals surface area contributed by atoms with Crippen molar-refractivity contribution in [1.82, 2.24) is 14.2 Å². The number of fused-ring (bicyclic) bond motifs is 1. The van der Waals surface area contributed by atoms with Crippen molar-refractivity contribution in [2.75, 3.05) is 0 Å². The predicted octanol–water partition coefficient (Wildman–Crippen LogP) is 2.18. The lowest BCUT2D eigenvalue weighted by molar-refractivity contribution is 1.15. The van der Waals surface area contributed by atoms with Gasteiger partial charge in [0.15, 0.2) is 8.96 Å². The molecule has 0 spiro atoms. The van der Waals surface area contributed by atoms with Crippen molar-refractivity contribution in [3.63, 3.8) is 0 Å². The number of nitrogens with zero attached hydrogens (tertiary/aromatic N) is 3. The Labute approximate surface area is 83.1 Å². The van der Waals surface area contributed by atoms with Crippen LogP contribution in [-0.4, -0.2) is 23.2 Å². The van der Waals surface area contributed by atoms with Crippen LogP contribution >= 0.6 is 11.6 Å². The summed E-state index contributed by atoms with van der Waals surface area (Å²) in [4.78, 5) is 8.15. The van der Waals surface area contributed by atoms with Gasteiger partial charge < -0.3 is 4.23 Å². The molecule has 0 atom stereocenters. The minimum atomic E-state index is -0.543. The van der Waals surface area contributed by atoms with E-state index < -0.39 is 8.96 Å². The molecule has 0 amide bonds. The van der Waals surface area contributed by atoms with Crippen LogP contribution in [-0.2, 0) is 0 Å². The SMILES string of the molecule is C[Si](C)n1ccc2c(Cl)ncnc21. The van der Waals surface area contributed by atoms with Gasteiger partial charge in [0.25, 0.3) is 0 Å². The highest BCUT2D eigenvalue weighted by Crippen LogP contribution is 2.19. The van der Waals surface area contributed by atoms with Crippen molar-refractivity contribution < 1.29 is 0 Å². The summed E-state index contributed by atoms with van der Waals surface area (Å²) in [5.41, 5.74) is 0.943. The van der Waals surface area contributed by atoms with E-state index in [4.69, 9.17) is 11.6 Å². The highest BCUT2D eigenvalue weighted by atomic mass is 35.5. The first-order valence-corrected chi connectivity index (χ1v) is 6.81. The van der Waals surface area contributed by atoms with E-state index in [0.717, 1.165) is 11.0 Å². The summed E-state index contributed by atoms with van der Waals surface area (Å²) in [6, 6.07) is 1.97. The molecule has 2 heterocycles. The number of aromatic nitrogens is 3. The number of halogens is 1. The molecule has 67 valence electrons. The van der Waals surface area contributed by atoms with Crippen LogP contribution in [0.15, 0.2) is 18.6 Å². The van der Waals surface area contributed by atoms with Crippen LogP contribution in [0.25, 0.3) is 11.0 Å². The zero-order valence-corrected chi connectivity index (χ0v) is 9.21. The quantitative estimate of drug-likeness (QED) is 0.534. The van der Waals surface area contributed by atoms with Crippen LogP contribution in [0.2, 0.25) is 18.2 Å². The molecular formula is C8H9ClN3Si. The summed E-state index contributed by atoms with van der Waals surface area (Å²) in [5.74, 6) is 0. The molecule has 0 N–H and O–H groups in total. The van der Waals surface area contributed by atoms with Gasteiger partial charge in [-0.15, -0.1) is 0 Å². The number of hydrogen-bond donors (Lipinski definition) is 0. The fourth-order valence-corrected chi connectivity index (χ4v) is 2.45. The molecule has 0 fully saturated rings. The van der Waals surface area contributed by atoms with Gasteiger partial charge in [-0.05, 0) is 12.3 Å². The summed E-state index contributed by atoms with van der Waals surface area (Å²) in [6.45, 7) is 4.42. The van der Waals surface area contributed by atoms with Crippen molar-refractivity contribution in [2.45, 2.75) is 13.1 Å². The zero-order chi connectivity index (χ0) is 9.42. The molecule has 0 saturated heterocycles. The highest BCUT2D eigenvalue weighted by Gasteiger charge is 2.08. The van der Waals surface area contributed by atoms with Crippen LogP contribution in [0.1, 0.15) is 0 Å². The molecule has 3 nitrogen and oxygen atoms in total. The van der Waals surface area contributed by atoms with Gasteiger partial charge in [-0.25, -0.2) is 9.97 Å². The van der Waals surface area contributed by atoms with E-state index in [9.17, 15) is 0 Å². The monoisotopic (exact) mass is 210 g/mol. The molecule has 2 aromatic heterocycles. The van der Waals surface area contributed by atoms with Gasteiger partial charge in [0.2, 0.25) is 0 Å². The van der Waals surface area contributed by atoms with Crippen molar-refractivity contribution in [1.29, 1.82) is 0 Å². The molecule has 0 aliphatic carbocycles. The van der Waals surface area contributed by atoms with Gasteiger partial charge in [-0.1, -0.05) is 24.7 Å². The van der Waals surface area contributed by atoms with Gasteiger partial charge >= 0.3 is 0 Å². The van der Waals surface area contributed by atoms with Gasteiger partial charge in [-0.3, -0.25) is 0 Å². The van der Waals surface area contributed by atoms with E-state index in [0.29, 0.717) is 5.15 Å². The van der Waals surface area contributed by atoms with E-state index in [1.807, 2.05) is 12.3 Å². The third-order valence-corrected chi connectivity index (χ3v) is 3.54. The first-order valence-electron chi connectivity index (χ1n) is 3.98. The lowest BCUT2D eigenvalue weighted by Crippen LogP contribution is -2.14.